The standard InChI is InChI=1S/C4H6N4O3S2.2Na.2H/c1-2(9)6-3-7-8-4(12-3)13(5,10)11;;;;/h1H3,(H2,5,10,11)(H,6,7,9);;;;. The molecule has 15 heavy (non-hydrogen) atoms. The summed E-state index contributed by atoms with van der Waals surface area (Å²) in [7, 11) is -3.82. The Morgan fingerprint density at radius 3 is 2.27 bits per heavy atom. The van der Waals surface area contributed by atoms with E-state index >= 15 is 0 Å². The van der Waals surface area contributed by atoms with Crippen LogP contribution in [0.4, 0.5) is 5.13 Å². The predicted molar refractivity (Wildman–Crippen MR) is 59.9 cm³/mol. The Morgan fingerprint density at radius 1 is 1.40 bits per heavy atom. The molecule has 0 radical (unpaired) electrons. The Hall–Kier alpha value is 0.940. The third-order valence-corrected chi connectivity index (χ3v) is 3.08. The molecule has 0 fully saturated rings. The Balaban J connectivity index is 0. The molecule has 1 aromatic rings. The molecular formula is C4H8N4Na2O3S2. The summed E-state index contributed by atoms with van der Waals surface area (Å²) in [6, 6.07) is 0. The summed E-state index contributed by atoms with van der Waals surface area (Å²) >= 11 is 0.701. The van der Waals surface area contributed by atoms with E-state index in [9.17, 15) is 13.2 Å². The van der Waals surface area contributed by atoms with Crippen molar-refractivity contribution in [3.8, 4) is 0 Å². The second kappa shape index (κ2) is 7.30. The van der Waals surface area contributed by atoms with Crippen molar-refractivity contribution in [2.75, 3.05) is 5.32 Å². The summed E-state index contributed by atoms with van der Waals surface area (Å²) in [5.41, 5.74) is 0. The van der Waals surface area contributed by atoms with Gasteiger partial charge >= 0.3 is 59.1 Å². The van der Waals surface area contributed by atoms with Crippen LogP contribution in [0.5, 0.6) is 0 Å². The molecule has 1 heterocycles. The fourth-order valence-corrected chi connectivity index (χ4v) is 1.91. The van der Waals surface area contributed by atoms with Gasteiger partial charge in [0.15, 0.2) is 0 Å². The van der Waals surface area contributed by atoms with E-state index in [1.54, 1.807) is 0 Å². The molecule has 0 spiro atoms. The summed E-state index contributed by atoms with van der Waals surface area (Å²) in [5.74, 6) is -0.350. The maximum absolute atomic E-state index is 10.7. The molecule has 0 saturated carbocycles. The fourth-order valence-electron chi connectivity index (χ4n) is 0.526. The summed E-state index contributed by atoms with van der Waals surface area (Å²) in [5, 5.41) is 13.8. The van der Waals surface area contributed by atoms with E-state index < -0.39 is 10.0 Å². The molecule has 3 N–H and O–H groups in total. The van der Waals surface area contributed by atoms with E-state index in [0.717, 1.165) is 0 Å². The van der Waals surface area contributed by atoms with Crippen molar-refractivity contribution in [3.05, 3.63) is 0 Å². The molecule has 0 unspecified atom stereocenters. The van der Waals surface area contributed by atoms with Crippen molar-refractivity contribution in [2.24, 2.45) is 5.14 Å². The molecule has 0 aliphatic carbocycles. The average molecular weight is 270 g/mol. The van der Waals surface area contributed by atoms with E-state index in [4.69, 9.17) is 5.14 Å². The van der Waals surface area contributed by atoms with Gasteiger partial charge in [-0.1, -0.05) is 11.3 Å². The first-order chi connectivity index (χ1) is 5.89. The molecular weight excluding hydrogens is 262 g/mol. The zero-order chi connectivity index (χ0) is 10.1. The van der Waals surface area contributed by atoms with E-state index in [1.807, 2.05) is 0 Å². The van der Waals surface area contributed by atoms with Crippen molar-refractivity contribution < 1.29 is 13.2 Å². The number of carbonyl (C=O) groups is 1. The summed E-state index contributed by atoms with van der Waals surface area (Å²) in [6.07, 6.45) is 0. The van der Waals surface area contributed by atoms with Crippen molar-refractivity contribution in [2.45, 2.75) is 11.3 Å². The minimum absolute atomic E-state index is 0. The molecule has 0 atom stereocenters. The molecule has 76 valence electrons. The number of carbonyl (C=O) groups excluding carboxylic acids is 1. The third-order valence-electron chi connectivity index (χ3n) is 0.933. The zero-order valence-electron chi connectivity index (χ0n) is 6.51. The average Bonchev–Trinajstić information content (AvgIpc) is 2.32. The molecule has 0 aliphatic rings. The SMILES string of the molecule is CC(=O)Nc1nnc(S(N)(=O)=O)s1.[NaH].[NaH]. The summed E-state index contributed by atoms with van der Waals surface area (Å²) in [4.78, 5) is 10.5. The number of rotatable bonds is 2. The van der Waals surface area contributed by atoms with Crippen LogP contribution in [0.2, 0.25) is 0 Å². The molecule has 1 aromatic heterocycles. The first-order valence-electron chi connectivity index (χ1n) is 3.03. The van der Waals surface area contributed by atoms with E-state index in [1.165, 1.54) is 6.92 Å². The molecule has 0 saturated heterocycles. The Labute approximate surface area is 135 Å². The fraction of sp³-hybridized carbons (Fsp3) is 0.250. The predicted octanol–water partition coefficient (Wildman–Crippen LogP) is -2.15. The van der Waals surface area contributed by atoms with Crippen LogP contribution in [0.15, 0.2) is 4.34 Å². The van der Waals surface area contributed by atoms with E-state index in [-0.39, 0.29) is 74.5 Å². The van der Waals surface area contributed by atoms with Gasteiger partial charge in [-0.2, -0.15) is 0 Å². The number of nitrogens with zero attached hydrogens (tertiary/aromatic N) is 2. The van der Waals surface area contributed by atoms with Crippen molar-refractivity contribution in [1.29, 1.82) is 0 Å². The van der Waals surface area contributed by atoms with Gasteiger partial charge in [0.1, 0.15) is 0 Å². The van der Waals surface area contributed by atoms with Crippen LogP contribution < -0.4 is 10.5 Å². The number of nitrogens with one attached hydrogen (secondary N) is 1. The van der Waals surface area contributed by atoms with Crippen LogP contribution in [0.25, 0.3) is 0 Å². The number of nitrogens with two attached hydrogens (primary N) is 1. The summed E-state index contributed by atoms with van der Waals surface area (Å²) in [6.45, 7) is 1.28. The topological polar surface area (TPSA) is 115 Å². The number of anilines is 1. The van der Waals surface area contributed by atoms with Gasteiger partial charge in [-0.15, -0.1) is 10.2 Å². The number of hydrogen-bond acceptors (Lipinski definition) is 6. The Bertz CT molecular complexity index is 431. The van der Waals surface area contributed by atoms with Crippen LogP contribution in [0, 0.1) is 0 Å². The first kappa shape index (κ1) is 18.3. The number of aromatic nitrogens is 2. The maximum atomic E-state index is 10.7. The summed E-state index contributed by atoms with van der Waals surface area (Å²) < 4.78 is 21.1. The van der Waals surface area contributed by atoms with Gasteiger partial charge in [0.05, 0.1) is 0 Å². The normalized spacial score (nSPS) is 9.73. The van der Waals surface area contributed by atoms with Gasteiger partial charge in [0, 0.05) is 6.92 Å². The van der Waals surface area contributed by atoms with Gasteiger partial charge in [0.2, 0.25) is 15.4 Å². The van der Waals surface area contributed by atoms with Crippen LogP contribution in [0.3, 0.4) is 0 Å². The second-order valence-electron chi connectivity index (χ2n) is 2.10. The van der Waals surface area contributed by atoms with Crippen LogP contribution >= 0.6 is 11.3 Å². The van der Waals surface area contributed by atoms with Crippen LogP contribution in [-0.4, -0.2) is 83.6 Å². The molecule has 0 aliphatic heterocycles. The monoisotopic (exact) mass is 270 g/mol. The Morgan fingerprint density at radius 2 is 1.93 bits per heavy atom. The number of primary sulfonamides is 1. The van der Waals surface area contributed by atoms with Crippen molar-refractivity contribution in [1.82, 2.24) is 10.2 Å². The number of amides is 1. The number of hydrogen-bond donors (Lipinski definition) is 2. The van der Waals surface area contributed by atoms with Gasteiger partial charge in [-0.25, -0.2) is 13.6 Å². The van der Waals surface area contributed by atoms with E-state index in [2.05, 4.69) is 15.5 Å². The molecule has 1 rings (SSSR count). The van der Waals surface area contributed by atoms with Gasteiger partial charge in [-0.3, -0.25) is 4.79 Å². The zero-order valence-corrected chi connectivity index (χ0v) is 8.15. The first-order valence-corrected chi connectivity index (χ1v) is 5.40. The molecule has 0 aromatic carbocycles. The van der Waals surface area contributed by atoms with Gasteiger partial charge < -0.3 is 5.32 Å². The minimum atomic E-state index is -3.82. The van der Waals surface area contributed by atoms with Crippen molar-refractivity contribution >= 4 is 91.5 Å². The quantitative estimate of drug-likeness (QED) is 0.469. The number of sulfonamides is 1. The molecule has 0 bridgehead atoms. The van der Waals surface area contributed by atoms with Gasteiger partial charge in [-0.05, 0) is 0 Å². The molecule has 11 heteroatoms. The third kappa shape index (κ3) is 6.29. The molecule has 7 nitrogen and oxygen atoms in total. The molecule has 1 amide bonds. The van der Waals surface area contributed by atoms with E-state index in [0.29, 0.717) is 11.3 Å². The van der Waals surface area contributed by atoms with Crippen LogP contribution in [0.1, 0.15) is 6.92 Å². The second-order valence-corrected chi connectivity index (χ2v) is 4.81. The Kier molecular flexibility index (Phi) is 8.91. The van der Waals surface area contributed by atoms with Crippen molar-refractivity contribution in [3.63, 3.8) is 0 Å². The van der Waals surface area contributed by atoms with Crippen LogP contribution in [-0.2, 0) is 14.8 Å². The van der Waals surface area contributed by atoms with Gasteiger partial charge in [0.25, 0.3) is 10.0 Å².